The van der Waals surface area contributed by atoms with Crippen molar-refractivity contribution in [1.82, 2.24) is 5.32 Å². The van der Waals surface area contributed by atoms with E-state index in [0.29, 0.717) is 22.7 Å². The lowest BCUT2D eigenvalue weighted by Gasteiger charge is -2.33. The SMILES string of the molecule is COc1ccc(N(C(=O)Cc2cccs2)[C@@H](C(=O)NC2CCCC2)c2ccc(F)cc2)c(OC)c1. The molecule has 0 unspecified atom stereocenters. The molecule has 4 rings (SSSR count). The van der Waals surface area contributed by atoms with Crippen molar-refractivity contribution in [2.45, 2.75) is 44.2 Å². The van der Waals surface area contributed by atoms with Crippen molar-refractivity contribution in [3.05, 3.63) is 76.2 Å². The van der Waals surface area contributed by atoms with Gasteiger partial charge in [-0.05, 0) is 54.1 Å². The van der Waals surface area contributed by atoms with Crippen LogP contribution in [0.1, 0.15) is 42.2 Å². The van der Waals surface area contributed by atoms with E-state index in [0.717, 1.165) is 30.6 Å². The lowest BCUT2D eigenvalue weighted by Crippen LogP contribution is -2.47. The van der Waals surface area contributed by atoms with Crippen LogP contribution in [0.5, 0.6) is 11.5 Å². The number of hydrogen-bond donors (Lipinski definition) is 1. The Morgan fingerprint density at radius 2 is 1.83 bits per heavy atom. The number of carbonyl (C=O) groups is 2. The first-order valence-electron chi connectivity index (χ1n) is 11.6. The summed E-state index contributed by atoms with van der Waals surface area (Å²) in [6.07, 6.45) is 4.02. The Balaban J connectivity index is 1.82. The fourth-order valence-corrected chi connectivity index (χ4v) is 5.16. The van der Waals surface area contributed by atoms with Crippen molar-refractivity contribution in [1.29, 1.82) is 0 Å². The van der Waals surface area contributed by atoms with Crippen molar-refractivity contribution >= 4 is 28.8 Å². The number of hydrogen-bond acceptors (Lipinski definition) is 5. The lowest BCUT2D eigenvalue weighted by atomic mass is 10.0. The first kappa shape index (κ1) is 24.7. The smallest absolute Gasteiger partial charge is 0.248 e. The van der Waals surface area contributed by atoms with Crippen molar-refractivity contribution in [2.24, 2.45) is 0 Å². The van der Waals surface area contributed by atoms with Gasteiger partial charge in [-0.15, -0.1) is 11.3 Å². The molecular weight excluding hydrogens is 467 g/mol. The number of methoxy groups -OCH3 is 2. The highest BCUT2D eigenvalue weighted by atomic mass is 32.1. The van der Waals surface area contributed by atoms with Gasteiger partial charge in [-0.3, -0.25) is 14.5 Å². The highest BCUT2D eigenvalue weighted by Gasteiger charge is 2.36. The van der Waals surface area contributed by atoms with Gasteiger partial charge in [-0.2, -0.15) is 0 Å². The molecule has 1 atom stereocenters. The van der Waals surface area contributed by atoms with Crippen LogP contribution < -0.4 is 19.7 Å². The molecule has 3 aromatic rings. The number of carbonyl (C=O) groups excluding carboxylic acids is 2. The van der Waals surface area contributed by atoms with E-state index in [9.17, 15) is 14.0 Å². The number of thiophene rings is 1. The van der Waals surface area contributed by atoms with E-state index in [4.69, 9.17) is 9.47 Å². The molecule has 1 aromatic heterocycles. The molecule has 1 N–H and O–H groups in total. The van der Waals surface area contributed by atoms with Gasteiger partial charge in [0.05, 0.1) is 26.3 Å². The van der Waals surface area contributed by atoms with E-state index < -0.39 is 11.9 Å². The Labute approximate surface area is 208 Å². The molecule has 1 heterocycles. The highest BCUT2D eigenvalue weighted by Crippen LogP contribution is 2.38. The predicted octanol–water partition coefficient (Wildman–Crippen LogP) is 5.28. The molecule has 1 aliphatic rings. The van der Waals surface area contributed by atoms with Crippen LogP contribution in [0, 0.1) is 5.82 Å². The zero-order chi connectivity index (χ0) is 24.8. The van der Waals surface area contributed by atoms with Gasteiger partial charge < -0.3 is 14.8 Å². The number of nitrogens with one attached hydrogen (secondary N) is 1. The molecule has 1 fully saturated rings. The molecule has 1 aliphatic carbocycles. The third-order valence-corrected chi connectivity index (χ3v) is 7.09. The Bertz CT molecular complexity index is 1140. The summed E-state index contributed by atoms with van der Waals surface area (Å²) in [4.78, 5) is 30.0. The van der Waals surface area contributed by atoms with Gasteiger partial charge >= 0.3 is 0 Å². The van der Waals surface area contributed by atoms with Gasteiger partial charge in [0.2, 0.25) is 11.8 Å². The topological polar surface area (TPSA) is 67.9 Å². The minimum Gasteiger partial charge on any atom is -0.497 e. The summed E-state index contributed by atoms with van der Waals surface area (Å²) in [5.41, 5.74) is 0.949. The summed E-state index contributed by atoms with van der Waals surface area (Å²) < 4.78 is 24.7. The minimum absolute atomic E-state index is 0.0532. The highest BCUT2D eigenvalue weighted by molar-refractivity contribution is 7.10. The number of anilines is 1. The molecule has 0 radical (unpaired) electrons. The third kappa shape index (κ3) is 5.82. The monoisotopic (exact) mass is 496 g/mol. The van der Waals surface area contributed by atoms with Crippen LogP contribution in [0.25, 0.3) is 0 Å². The van der Waals surface area contributed by atoms with Crippen LogP contribution in [0.2, 0.25) is 0 Å². The summed E-state index contributed by atoms with van der Waals surface area (Å²) in [6.45, 7) is 0. The summed E-state index contributed by atoms with van der Waals surface area (Å²) in [7, 11) is 3.05. The molecule has 2 amide bonds. The van der Waals surface area contributed by atoms with Crippen LogP contribution >= 0.6 is 11.3 Å². The molecule has 0 bridgehead atoms. The normalized spacial score (nSPS) is 14.4. The number of nitrogens with zero attached hydrogens (tertiary/aromatic N) is 1. The second kappa shape index (κ2) is 11.4. The Morgan fingerprint density at radius 3 is 2.46 bits per heavy atom. The fourth-order valence-electron chi connectivity index (χ4n) is 4.46. The first-order valence-corrected chi connectivity index (χ1v) is 12.5. The van der Waals surface area contributed by atoms with Crippen molar-refractivity contribution in [3.63, 3.8) is 0 Å². The molecule has 1 saturated carbocycles. The number of halogens is 1. The Kier molecular flexibility index (Phi) is 8.02. The van der Waals surface area contributed by atoms with Crippen LogP contribution in [0.4, 0.5) is 10.1 Å². The molecule has 8 heteroatoms. The van der Waals surface area contributed by atoms with Crippen molar-refractivity contribution < 1.29 is 23.5 Å². The largest absolute Gasteiger partial charge is 0.497 e. The second-order valence-electron chi connectivity index (χ2n) is 8.50. The third-order valence-electron chi connectivity index (χ3n) is 6.21. The van der Waals surface area contributed by atoms with E-state index in [-0.39, 0.29) is 24.3 Å². The van der Waals surface area contributed by atoms with E-state index in [1.807, 2.05) is 17.5 Å². The molecule has 6 nitrogen and oxygen atoms in total. The van der Waals surface area contributed by atoms with Gasteiger partial charge in [0, 0.05) is 17.0 Å². The number of rotatable bonds is 9. The van der Waals surface area contributed by atoms with Crippen LogP contribution in [0.3, 0.4) is 0 Å². The number of ether oxygens (including phenoxy) is 2. The van der Waals surface area contributed by atoms with Crippen molar-refractivity contribution in [2.75, 3.05) is 19.1 Å². The van der Waals surface area contributed by atoms with Crippen LogP contribution in [-0.2, 0) is 16.0 Å². The van der Waals surface area contributed by atoms with Crippen LogP contribution in [0.15, 0.2) is 60.0 Å². The van der Waals surface area contributed by atoms with E-state index in [2.05, 4.69) is 5.32 Å². The Morgan fingerprint density at radius 1 is 1.09 bits per heavy atom. The fraction of sp³-hybridized carbons (Fsp3) is 0.333. The maximum Gasteiger partial charge on any atom is 0.248 e. The summed E-state index contributed by atoms with van der Waals surface area (Å²) >= 11 is 1.48. The predicted molar refractivity (Wildman–Crippen MR) is 135 cm³/mol. The van der Waals surface area contributed by atoms with E-state index in [1.54, 1.807) is 37.4 Å². The molecule has 0 saturated heterocycles. The lowest BCUT2D eigenvalue weighted by molar-refractivity contribution is -0.127. The minimum atomic E-state index is -1.01. The number of benzene rings is 2. The van der Waals surface area contributed by atoms with Crippen LogP contribution in [-0.4, -0.2) is 32.1 Å². The number of amides is 2. The molecule has 0 aliphatic heterocycles. The van der Waals surface area contributed by atoms with E-state index in [1.165, 1.54) is 35.5 Å². The Hall–Kier alpha value is -3.39. The van der Waals surface area contributed by atoms with E-state index >= 15 is 0 Å². The molecule has 35 heavy (non-hydrogen) atoms. The van der Waals surface area contributed by atoms with Gasteiger partial charge in [-0.25, -0.2) is 4.39 Å². The molecule has 184 valence electrons. The summed E-state index contributed by atoms with van der Waals surface area (Å²) in [5.74, 6) is -0.0374. The second-order valence-corrected chi connectivity index (χ2v) is 9.53. The maximum atomic E-state index is 13.8. The maximum absolute atomic E-state index is 13.8. The van der Waals surface area contributed by atoms with Gasteiger partial charge in [0.1, 0.15) is 23.4 Å². The molecule has 2 aromatic carbocycles. The average Bonchev–Trinajstić information content (AvgIpc) is 3.57. The van der Waals surface area contributed by atoms with Gasteiger partial charge in [0.25, 0.3) is 0 Å². The zero-order valence-corrected chi connectivity index (χ0v) is 20.6. The van der Waals surface area contributed by atoms with Gasteiger partial charge in [-0.1, -0.05) is 31.0 Å². The molecule has 0 spiro atoms. The summed E-state index contributed by atoms with van der Waals surface area (Å²) in [6, 6.07) is 13.6. The zero-order valence-electron chi connectivity index (χ0n) is 19.8. The average molecular weight is 497 g/mol. The van der Waals surface area contributed by atoms with Crippen molar-refractivity contribution in [3.8, 4) is 11.5 Å². The summed E-state index contributed by atoms with van der Waals surface area (Å²) in [5, 5.41) is 5.03. The quantitative estimate of drug-likeness (QED) is 0.438. The molecular formula is C27H29FN2O4S. The van der Waals surface area contributed by atoms with Gasteiger partial charge in [0.15, 0.2) is 0 Å². The standard InChI is InChI=1S/C27H29FN2O4S/c1-33-21-13-14-23(24(16-21)34-2)30(25(31)17-22-8-5-15-35-22)26(18-9-11-19(28)12-10-18)27(32)29-20-6-3-4-7-20/h5,8-16,20,26H,3-4,6-7,17H2,1-2H3,(H,29,32)/t26-/m1/s1. The first-order chi connectivity index (χ1) is 17.0.